The van der Waals surface area contributed by atoms with Crippen molar-refractivity contribution in [2.75, 3.05) is 33.3 Å². The Hall–Kier alpha value is -2.54. The van der Waals surface area contributed by atoms with Crippen molar-refractivity contribution in [3.63, 3.8) is 0 Å². The molecule has 8 heteroatoms. The molecule has 0 radical (unpaired) electrons. The second-order valence-electron chi connectivity index (χ2n) is 8.54. The number of fused-ring (bicyclic) bond motifs is 1. The molecular weight excluding hydrogens is 428 g/mol. The molecule has 2 aromatic rings. The van der Waals surface area contributed by atoms with Crippen molar-refractivity contribution in [2.45, 2.75) is 52.0 Å². The van der Waals surface area contributed by atoms with Gasteiger partial charge in [0.25, 0.3) is 5.91 Å². The summed E-state index contributed by atoms with van der Waals surface area (Å²) in [5.41, 5.74) is 0.480. The molecule has 1 aromatic carbocycles. The van der Waals surface area contributed by atoms with Crippen LogP contribution < -0.4 is 4.74 Å². The SMILES string of the molecule is CC(C)c1nccn1CCC(=O)N1CCCCN(C)C(=O)c2cc(Cl)ccc2OCCC1. The van der Waals surface area contributed by atoms with Gasteiger partial charge >= 0.3 is 0 Å². The molecule has 1 aliphatic heterocycles. The number of aryl methyl sites for hydroxylation is 1. The van der Waals surface area contributed by atoms with Crippen LogP contribution in [0.1, 0.15) is 61.6 Å². The first-order chi connectivity index (χ1) is 15.4. The number of halogens is 1. The lowest BCUT2D eigenvalue weighted by Gasteiger charge is -2.23. The Bertz CT molecular complexity index is 928. The monoisotopic (exact) mass is 460 g/mol. The highest BCUT2D eigenvalue weighted by molar-refractivity contribution is 6.31. The van der Waals surface area contributed by atoms with E-state index in [1.165, 1.54) is 0 Å². The smallest absolute Gasteiger partial charge is 0.257 e. The highest BCUT2D eigenvalue weighted by Crippen LogP contribution is 2.25. The Morgan fingerprint density at radius 1 is 1.19 bits per heavy atom. The molecule has 3 rings (SSSR count). The lowest BCUT2D eigenvalue weighted by atomic mass is 10.1. The highest BCUT2D eigenvalue weighted by Gasteiger charge is 2.20. The molecule has 0 unspecified atom stereocenters. The largest absolute Gasteiger partial charge is 0.493 e. The molecule has 0 atom stereocenters. The number of benzene rings is 1. The Morgan fingerprint density at radius 3 is 2.72 bits per heavy atom. The van der Waals surface area contributed by atoms with Gasteiger partial charge in [-0.2, -0.15) is 0 Å². The van der Waals surface area contributed by atoms with Crippen LogP contribution in [0, 0.1) is 0 Å². The lowest BCUT2D eigenvalue weighted by Crippen LogP contribution is -2.34. The predicted molar refractivity (Wildman–Crippen MR) is 125 cm³/mol. The van der Waals surface area contributed by atoms with Gasteiger partial charge in [0.05, 0.1) is 12.2 Å². The van der Waals surface area contributed by atoms with E-state index in [0.29, 0.717) is 67.9 Å². The molecule has 1 aliphatic rings. The van der Waals surface area contributed by atoms with Crippen molar-refractivity contribution in [1.29, 1.82) is 0 Å². The third kappa shape index (κ3) is 6.25. The average Bonchev–Trinajstić information content (AvgIpc) is 3.25. The highest BCUT2D eigenvalue weighted by atomic mass is 35.5. The van der Waals surface area contributed by atoms with Gasteiger partial charge < -0.3 is 19.1 Å². The third-order valence-electron chi connectivity index (χ3n) is 5.70. The molecule has 0 saturated carbocycles. The zero-order chi connectivity index (χ0) is 23.1. The number of rotatable bonds is 4. The van der Waals surface area contributed by atoms with Crippen LogP contribution in [0.3, 0.4) is 0 Å². The van der Waals surface area contributed by atoms with E-state index in [2.05, 4.69) is 23.4 Å². The summed E-state index contributed by atoms with van der Waals surface area (Å²) in [5.74, 6) is 1.89. The van der Waals surface area contributed by atoms with Crippen LogP contribution in [-0.2, 0) is 11.3 Å². The Balaban J connectivity index is 1.64. The molecule has 0 spiro atoms. The van der Waals surface area contributed by atoms with Crippen molar-refractivity contribution >= 4 is 23.4 Å². The second-order valence-corrected chi connectivity index (χ2v) is 8.98. The first kappa shape index (κ1) is 24.1. The minimum Gasteiger partial charge on any atom is -0.493 e. The third-order valence-corrected chi connectivity index (χ3v) is 5.94. The normalized spacial score (nSPS) is 16.1. The van der Waals surface area contributed by atoms with Crippen LogP contribution in [0.25, 0.3) is 0 Å². The Labute approximate surface area is 195 Å². The van der Waals surface area contributed by atoms with Crippen molar-refractivity contribution < 1.29 is 14.3 Å². The van der Waals surface area contributed by atoms with Gasteiger partial charge in [-0.05, 0) is 37.5 Å². The maximum absolute atomic E-state index is 13.0. The summed E-state index contributed by atoms with van der Waals surface area (Å²) < 4.78 is 7.97. The predicted octanol–water partition coefficient (Wildman–Crippen LogP) is 4.21. The van der Waals surface area contributed by atoms with Gasteiger partial charge in [-0.3, -0.25) is 9.59 Å². The van der Waals surface area contributed by atoms with E-state index in [1.54, 1.807) is 36.3 Å². The van der Waals surface area contributed by atoms with E-state index in [1.807, 2.05) is 11.1 Å². The number of carbonyl (C=O) groups excluding carboxylic acids is 2. The number of aromatic nitrogens is 2. The minimum atomic E-state index is -0.101. The zero-order valence-corrected chi connectivity index (χ0v) is 20.0. The van der Waals surface area contributed by atoms with E-state index in [0.717, 1.165) is 18.7 Å². The van der Waals surface area contributed by atoms with Gasteiger partial charge in [0.15, 0.2) is 0 Å². The first-order valence-electron chi connectivity index (χ1n) is 11.3. The fourth-order valence-corrected chi connectivity index (χ4v) is 4.11. The molecule has 0 bridgehead atoms. The van der Waals surface area contributed by atoms with E-state index in [-0.39, 0.29) is 11.8 Å². The minimum absolute atomic E-state index is 0.101. The average molecular weight is 461 g/mol. The van der Waals surface area contributed by atoms with E-state index in [4.69, 9.17) is 16.3 Å². The van der Waals surface area contributed by atoms with Gasteiger partial charge in [-0.1, -0.05) is 25.4 Å². The Kier molecular flexibility index (Phi) is 8.56. The maximum Gasteiger partial charge on any atom is 0.257 e. The molecule has 1 aromatic heterocycles. The number of nitrogens with zero attached hydrogens (tertiary/aromatic N) is 4. The first-order valence-corrected chi connectivity index (χ1v) is 11.7. The molecule has 0 saturated heterocycles. The van der Waals surface area contributed by atoms with Crippen LogP contribution in [0.5, 0.6) is 5.75 Å². The summed E-state index contributed by atoms with van der Waals surface area (Å²) in [6.45, 7) is 7.19. The van der Waals surface area contributed by atoms with Crippen LogP contribution >= 0.6 is 11.6 Å². The zero-order valence-electron chi connectivity index (χ0n) is 19.2. The summed E-state index contributed by atoms with van der Waals surface area (Å²) >= 11 is 6.11. The van der Waals surface area contributed by atoms with Crippen LogP contribution in [0.4, 0.5) is 0 Å². The summed E-state index contributed by atoms with van der Waals surface area (Å²) in [7, 11) is 1.78. The molecule has 32 heavy (non-hydrogen) atoms. The number of ether oxygens (including phenoxy) is 1. The summed E-state index contributed by atoms with van der Waals surface area (Å²) in [4.78, 5) is 33.9. The van der Waals surface area contributed by atoms with Crippen LogP contribution in [0.15, 0.2) is 30.6 Å². The quantitative estimate of drug-likeness (QED) is 0.685. The fourth-order valence-electron chi connectivity index (χ4n) is 3.94. The molecular formula is C24H33ClN4O3. The summed E-state index contributed by atoms with van der Waals surface area (Å²) in [5, 5.41) is 0.508. The van der Waals surface area contributed by atoms with Gasteiger partial charge in [-0.25, -0.2) is 4.98 Å². The van der Waals surface area contributed by atoms with Gasteiger partial charge in [0.2, 0.25) is 5.91 Å². The van der Waals surface area contributed by atoms with Crippen LogP contribution in [-0.4, -0.2) is 64.5 Å². The molecule has 0 fully saturated rings. The maximum atomic E-state index is 13.0. The van der Waals surface area contributed by atoms with E-state index in [9.17, 15) is 9.59 Å². The molecule has 2 amide bonds. The lowest BCUT2D eigenvalue weighted by molar-refractivity contribution is -0.131. The van der Waals surface area contributed by atoms with Gasteiger partial charge in [-0.15, -0.1) is 0 Å². The number of amides is 2. The molecule has 7 nitrogen and oxygen atoms in total. The Morgan fingerprint density at radius 2 is 1.94 bits per heavy atom. The van der Waals surface area contributed by atoms with Crippen molar-refractivity contribution in [3.05, 3.63) is 47.0 Å². The second kappa shape index (κ2) is 11.4. The van der Waals surface area contributed by atoms with Gasteiger partial charge in [0.1, 0.15) is 11.6 Å². The molecule has 0 aliphatic carbocycles. The number of carbonyl (C=O) groups is 2. The number of imidazole rings is 1. The van der Waals surface area contributed by atoms with Crippen LogP contribution in [0.2, 0.25) is 5.02 Å². The molecule has 0 N–H and O–H groups in total. The van der Waals surface area contributed by atoms with E-state index >= 15 is 0 Å². The number of hydrogen-bond acceptors (Lipinski definition) is 4. The number of hydrogen-bond donors (Lipinski definition) is 0. The molecule has 174 valence electrons. The summed E-state index contributed by atoms with van der Waals surface area (Å²) in [6, 6.07) is 5.12. The topological polar surface area (TPSA) is 67.7 Å². The standard InChI is InChI=1S/C24H33ClN4O3/c1-18(2)23-26-10-15-29(23)14-9-22(30)28-12-5-4-11-27(3)24(31)20-17-19(25)7-8-21(20)32-16-6-13-28/h7-8,10,15,17-18H,4-6,9,11-14,16H2,1-3H3. The fraction of sp³-hybridized carbons (Fsp3) is 0.542. The summed E-state index contributed by atoms with van der Waals surface area (Å²) in [6.07, 6.45) is 6.53. The van der Waals surface area contributed by atoms with Crippen molar-refractivity contribution in [3.8, 4) is 5.75 Å². The molecule has 2 heterocycles. The van der Waals surface area contributed by atoms with E-state index < -0.39 is 0 Å². The van der Waals surface area contributed by atoms with Crippen molar-refractivity contribution in [1.82, 2.24) is 19.4 Å². The van der Waals surface area contributed by atoms with Gasteiger partial charge in [0, 0.05) is 63.0 Å². The van der Waals surface area contributed by atoms with Crippen molar-refractivity contribution in [2.24, 2.45) is 0 Å².